The van der Waals surface area contributed by atoms with Gasteiger partial charge in [0.05, 0.1) is 11.4 Å². The van der Waals surface area contributed by atoms with Crippen molar-refractivity contribution in [3.63, 3.8) is 0 Å². The largest absolute Gasteiger partial charge is 0.364 e. The van der Waals surface area contributed by atoms with Gasteiger partial charge in [0, 0.05) is 31.6 Å². The Kier molecular flexibility index (Phi) is 3.61. The van der Waals surface area contributed by atoms with E-state index in [-0.39, 0.29) is 5.56 Å². The summed E-state index contributed by atoms with van der Waals surface area (Å²) in [4.78, 5) is 15.0. The number of anilines is 1. The molecule has 2 heterocycles. The normalized spacial score (nSPS) is 15.6. The van der Waals surface area contributed by atoms with Gasteiger partial charge in [0.15, 0.2) is 0 Å². The Morgan fingerprint density at radius 3 is 2.40 bits per heavy atom. The van der Waals surface area contributed by atoms with Gasteiger partial charge in [-0.25, -0.2) is 4.68 Å². The van der Waals surface area contributed by atoms with Crippen molar-refractivity contribution in [1.82, 2.24) is 9.36 Å². The van der Waals surface area contributed by atoms with Gasteiger partial charge in [-0.1, -0.05) is 18.2 Å². The molecular formula is C15H19N3OS. The van der Waals surface area contributed by atoms with Crippen molar-refractivity contribution < 1.29 is 0 Å². The molecule has 0 aliphatic carbocycles. The predicted molar refractivity (Wildman–Crippen MR) is 85.3 cm³/mol. The molecule has 3 rings (SSSR count). The van der Waals surface area contributed by atoms with Crippen LogP contribution in [0.15, 0.2) is 35.1 Å². The van der Waals surface area contributed by atoms with E-state index in [0.29, 0.717) is 0 Å². The van der Waals surface area contributed by atoms with Gasteiger partial charge in [-0.05, 0) is 19.1 Å². The minimum Gasteiger partial charge on any atom is -0.364 e. The molecule has 2 aromatic rings. The first kappa shape index (κ1) is 13.4. The first-order valence-electron chi connectivity index (χ1n) is 6.87. The summed E-state index contributed by atoms with van der Waals surface area (Å²) in [7, 11) is 1.95. The van der Waals surface area contributed by atoms with E-state index in [9.17, 15) is 4.79 Å². The Balaban J connectivity index is 2.12. The lowest BCUT2D eigenvalue weighted by Crippen LogP contribution is -2.36. The molecule has 0 unspecified atom stereocenters. The van der Waals surface area contributed by atoms with Crippen molar-refractivity contribution in [2.75, 3.05) is 29.5 Å². The molecule has 0 spiro atoms. The number of hydrogen-bond acceptors (Lipinski definition) is 3. The molecule has 0 saturated carbocycles. The van der Waals surface area contributed by atoms with Gasteiger partial charge >= 0.3 is 0 Å². The number of thioether (sulfide) groups is 1. The van der Waals surface area contributed by atoms with Crippen molar-refractivity contribution in [3.05, 3.63) is 46.4 Å². The lowest BCUT2D eigenvalue weighted by Gasteiger charge is -2.27. The van der Waals surface area contributed by atoms with Crippen LogP contribution in [-0.2, 0) is 7.05 Å². The molecule has 1 aliphatic rings. The monoisotopic (exact) mass is 289 g/mol. The molecule has 1 aromatic heterocycles. The van der Waals surface area contributed by atoms with Crippen LogP contribution in [0.5, 0.6) is 0 Å². The smallest absolute Gasteiger partial charge is 0.295 e. The number of para-hydroxylation sites is 1. The average molecular weight is 289 g/mol. The molecule has 0 amide bonds. The zero-order valence-corrected chi connectivity index (χ0v) is 12.7. The highest BCUT2D eigenvalue weighted by molar-refractivity contribution is 7.99. The average Bonchev–Trinajstić information content (AvgIpc) is 2.71. The van der Waals surface area contributed by atoms with Crippen LogP contribution in [-0.4, -0.2) is 34.0 Å². The lowest BCUT2D eigenvalue weighted by atomic mass is 10.3. The highest BCUT2D eigenvalue weighted by Gasteiger charge is 2.22. The van der Waals surface area contributed by atoms with E-state index in [1.807, 2.05) is 60.7 Å². The molecule has 5 heteroatoms. The van der Waals surface area contributed by atoms with Crippen molar-refractivity contribution in [1.29, 1.82) is 0 Å². The molecule has 0 bridgehead atoms. The molecule has 1 fully saturated rings. The van der Waals surface area contributed by atoms with Crippen molar-refractivity contribution in [2.45, 2.75) is 6.92 Å². The quantitative estimate of drug-likeness (QED) is 0.847. The maximum absolute atomic E-state index is 12.8. The number of rotatable bonds is 2. The third-order valence-corrected chi connectivity index (χ3v) is 4.79. The van der Waals surface area contributed by atoms with E-state index >= 15 is 0 Å². The molecule has 20 heavy (non-hydrogen) atoms. The molecule has 0 atom stereocenters. The van der Waals surface area contributed by atoms with Gasteiger partial charge in [-0.15, -0.1) is 0 Å². The molecule has 4 nitrogen and oxygen atoms in total. The summed E-state index contributed by atoms with van der Waals surface area (Å²) in [5, 5.41) is 0. The first-order valence-corrected chi connectivity index (χ1v) is 8.02. The minimum absolute atomic E-state index is 0.0862. The molecule has 1 aliphatic heterocycles. The summed E-state index contributed by atoms with van der Waals surface area (Å²) in [6.45, 7) is 3.94. The molecule has 106 valence electrons. The standard InChI is InChI=1S/C15H19N3OS/c1-12-14(17-8-10-20-11-9-17)15(19)18(16(12)2)13-6-4-3-5-7-13/h3-7H,8-11H2,1-2H3. The van der Waals surface area contributed by atoms with Crippen LogP contribution in [0.1, 0.15) is 5.69 Å². The summed E-state index contributed by atoms with van der Waals surface area (Å²) >= 11 is 1.96. The van der Waals surface area contributed by atoms with Gasteiger partial charge in [0.2, 0.25) is 0 Å². The molecule has 1 aromatic carbocycles. The summed E-state index contributed by atoms with van der Waals surface area (Å²) in [6.07, 6.45) is 0. The maximum Gasteiger partial charge on any atom is 0.295 e. The SMILES string of the molecule is Cc1c(N2CCSCC2)c(=O)n(-c2ccccc2)n1C. The summed E-state index contributed by atoms with van der Waals surface area (Å²) in [5.74, 6) is 2.19. The number of hydrogen-bond donors (Lipinski definition) is 0. The van der Waals surface area contributed by atoms with Crippen LogP contribution in [0.3, 0.4) is 0 Å². The first-order chi connectivity index (χ1) is 9.70. The third-order valence-electron chi connectivity index (χ3n) is 3.85. The number of nitrogens with zero attached hydrogens (tertiary/aromatic N) is 3. The number of benzene rings is 1. The predicted octanol–water partition coefficient (Wildman–Crippen LogP) is 2.04. The molecule has 0 radical (unpaired) electrons. The second-order valence-corrected chi connectivity index (χ2v) is 6.23. The highest BCUT2D eigenvalue weighted by atomic mass is 32.2. The Morgan fingerprint density at radius 1 is 1.10 bits per heavy atom. The van der Waals surface area contributed by atoms with Gasteiger partial charge in [-0.3, -0.25) is 9.48 Å². The summed E-state index contributed by atoms with van der Waals surface area (Å²) < 4.78 is 3.71. The highest BCUT2D eigenvalue weighted by Crippen LogP contribution is 2.21. The van der Waals surface area contributed by atoms with E-state index in [4.69, 9.17) is 0 Å². The Labute approximate surface area is 123 Å². The Bertz CT molecular complexity index is 654. The fourth-order valence-corrected chi connectivity index (χ4v) is 3.61. The van der Waals surface area contributed by atoms with Crippen molar-refractivity contribution in [2.24, 2.45) is 7.05 Å². The van der Waals surface area contributed by atoms with Gasteiger partial charge in [0.25, 0.3) is 5.56 Å². The topological polar surface area (TPSA) is 30.2 Å². The minimum atomic E-state index is 0.0862. The zero-order valence-electron chi connectivity index (χ0n) is 11.9. The van der Waals surface area contributed by atoms with Gasteiger partial charge in [0.1, 0.15) is 5.69 Å². The molecular weight excluding hydrogens is 270 g/mol. The zero-order chi connectivity index (χ0) is 14.1. The Hall–Kier alpha value is -1.62. The second-order valence-electron chi connectivity index (χ2n) is 5.01. The van der Waals surface area contributed by atoms with E-state index in [1.54, 1.807) is 4.68 Å². The van der Waals surface area contributed by atoms with Gasteiger partial charge < -0.3 is 4.90 Å². The van der Waals surface area contributed by atoms with Crippen LogP contribution in [0.2, 0.25) is 0 Å². The molecule has 0 N–H and O–H groups in total. The van der Waals surface area contributed by atoms with Crippen molar-refractivity contribution in [3.8, 4) is 5.69 Å². The fraction of sp³-hybridized carbons (Fsp3) is 0.400. The van der Waals surface area contributed by atoms with Crippen LogP contribution in [0.25, 0.3) is 5.69 Å². The summed E-state index contributed by atoms with van der Waals surface area (Å²) in [6, 6.07) is 9.82. The van der Waals surface area contributed by atoms with E-state index in [1.165, 1.54) is 0 Å². The van der Waals surface area contributed by atoms with Crippen LogP contribution in [0, 0.1) is 6.92 Å². The second kappa shape index (κ2) is 5.40. The van der Waals surface area contributed by atoms with E-state index in [0.717, 1.165) is 41.7 Å². The van der Waals surface area contributed by atoms with Gasteiger partial charge in [-0.2, -0.15) is 11.8 Å². The van der Waals surface area contributed by atoms with Crippen LogP contribution < -0.4 is 10.5 Å². The molecule has 1 saturated heterocycles. The third kappa shape index (κ3) is 2.16. The van der Waals surface area contributed by atoms with Crippen LogP contribution >= 0.6 is 11.8 Å². The van der Waals surface area contributed by atoms with Crippen molar-refractivity contribution >= 4 is 17.4 Å². The lowest BCUT2D eigenvalue weighted by molar-refractivity contribution is 0.630. The maximum atomic E-state index is 12.8. The van der Waals surface area contributed by atoms with E-state index in [2.05, 4.69) is 4.90 Å². The number of aromatic nitrogens is 2. The Morgan fingerprint density at radius 2 is 1.75 bits per heavy atom. The van der Waals surface area contributed by atoms with E-state index < -0.39 is 0 Å². The van der Waals surface area contributed by atoms with Crippen LogP contribution in [0.4, 0.5) is 5.69 Å². The fourth-order valence-electron chi connectivity index (χ4n) is 2.71. The summed E-state index contributed by atoms with van der Waals surface area (Å²) in [5.41, 5.74) is 2.89.